The number of aromatic nitrogens is 1. The third kappa shape index (κ3) is 1.48. The molecule has 2 rings (SSSR count). The van der Waals surface area contributed by atoms with Gasteiger partial charge in [0.1, 0.15) is 5.78 Å². The molecule has 0 bridgehead atoms. The summed E-state index contributed by atoms with van der Waals surface area (Å²) in [5, 5.41) is 1.11. The van der Waals surface area contributed by atoms with E-state index in [0.29, 0.717) is 6.54 Å². The normalized spacial score (nSPS) is 10.6. The first-order valence-electron chi connectivity index (χ1n) is 4.50. The summed E-state index contributed by atoms with van der Waals surface area (Å²) in [6, 6.07) is 7.69. The van der Waals surface area contributed by atoms with E-state index in [2.05, 4.69) is 0 Å². The van der Waals surface area contributed by atoms with Crippen molar-refractivity contribution in [3.05, 3.63) is 30.5 Å². The monoisotopic (exact) mass is 188 g/mol. The molecule has 0 spiro atoms. The van der Waals surface area contributed by atoms with Crippen LogP contribution in [0.5, 0.6) is 0 Å². The number of anilines is 1. The predicted octanol–water partition coefficient (Wildman–Crippen LogP) is 1.81. The van der Waals surface area contributed by atoms with Crippen molar-refractivity contribution in [1.82, 2.24) is 4.57 Å². The molecule has 3 nitrogen and oxygen atoms in total. The third-order valence-electron chi connectivity index (χ3n) is 2.19. The second kappa shape index (κ2) is 3.18. The Bertz CT molecular complexity index is 485. The molecule has 2 N–H and O–H groups in total. The van der Waals surface area contributed by atoms with Crippen LogP contribution in [0.3, 0.4) is 0 Å². The maximum Gasteiger partial charge on any atom is 0.149 e. The van der Waals surface area contributed by atoms with E-state index in [0.717, 1.165) is 16.6 Å². The Morgan fingerprint density at radius 1 is 1.43 bits per heavy atom. The van der Waals surface area contributed by atoms with Crippen LogP contribution < -0.4 is 5.73 Å². The fraction of sp³-hybridized carbons (Fsp3) is 0.182. The van der Waals surface area contributed by atoms with E-state index in [1.54, 1.807) is 6.92 Å². The second-order valence-electron chi connectivity index (χ2n) is 3.46. The molecular weight excluding hydrogens is 176 g/mol. The van der Waals surface area contributed by atoms with E-state index in [1.807, 2.05) is 35.0 Å². The molecule has 0 aliphatic carbocycles. The van der Waals surface area contributed by atoms with Crippen molar-refractivity contribution in [3.63, 3.8) is 0 Å². The Morgan fingerprint density at radius 2 is 2.21 bits per heavy atom. The molecule has 0 saturated carbocycles. The van der Waals surface area contributed by atoms with Gasteiger partial charge in [-0.15, -0.1) is 0 Å². The number of Topliss-reactive ketones (excluding diaryl/α,β-unsaturated/α-hetero) is 1. The van der Waals surface area contributed by atoms with Gasteiger partial charge in [-0.3, -0.25) is 4.79 Å². The lowest BCUT2D eigenvalue weighted by Crippen LogP contribution is -2.04. The molecule has 14 heavy (non-hydrogen) atoms. The van der Waals surface area contributed by atoms with E-state index in [4.69, 9.17) is 5.73 Å². The lowest BCUT2D eigenvalue weighted by atomic mass is 10.2. The first-order valence-corrected chi connectivity index (χ1v) is 4.50. The largest absolute Gasteiger partial charge is 0.399 e. The molecular formula is C11H12N2O. The first kappa shape index (κ1) is 8.81. The van der Waals surface area contributed by atoms with Gasteiger partial charge in [-0.25, -0.2) is 0 Å². The maximum absolute atomic E-state index is 11.0. The van der Waals surface area contributed by atoms with Crippen molar-refractivity contribution < 1.29 is 4.79 Å². The fourth-order valence-corrected chi connectivity index (χ4v) is 1.58. The summed E-state index contributed by atoms with van der Waals surface area (Å²) in [4.78, 5) is 11.0. The van der Waals surface area contributed by atoms with Crippen LogP contribution in [0, 0.1) is 0 Å². The molecule has 0 aliphatic rings. The zero-order chi connectivity index (χ0) is 10.1. The summed E-state index contributed by atoms with van der Waals surface area (Å²) in [5.74, 6) is 0.143. The van der Waals surface area contributed by atoms with Crippen LogP contribution >= 0.6 is 0 Å². The van der Waals surface area contributed by atoms with Crippen LogP contribution in [0.1, 0.15) is 6.92 Å². The number of hydrogen-bond donors (Lipinski definition) is 1. The molecule has 0 atom stereocenters. The van der Waals surface area contributed by atoms with Gasteiger partial charge in [0.2, 0.25) is 0 Å². The van der Waals surface area contributed by atoms with E-state index >= 15 is 0 Å². The number of hydrogen-bond acceptors (Lipinski definition) is 2. The summed E-state index contributed by atoms with van der Waals surface area (Å²) in [7, 11) is 0. The average Bonchev–Trinajstić information content (AvgIpc) is 2.47. The highest BCUT2D eigenvalue weighted by Crippen LogP contribution is 2.18. The predicted molar refractivity (Wildman–Crippen MR) is 57.0 cm³/mol. The Balaban J connectivity index is 2.55. The van der Waals surface area contributed by atoms with Gasteiger partial charge in [-0.2, -0.15) is 0 Å². The lowest BCUT2D eigenvalue weighted by molar-refractivity contribution is -0.117. The summed E-state index contributed by atoms with van der Waals surface area (Å²) >= 11 is 0. The highest BCUT2D eigenvalue weighted by Gasteiger charge is 2.02. The van der Waals surface area contributed by atoms with Crippen molar-refractivity contribution >= 4 is 22.4 Å². The van der Waals surface area contributed by atoms with Crippen molar-refractivity contribution in [2.24, 2.45) is 0 Å². The lowest BCUT2D eigenvalue weighted by Gasteiger charge is -2.02. The van der Waals surface area contributed by atoms with Crippen LogP contribution in [0.15, 0.2) is 30.5 Å². The topological polar surface area (TPSA) is 48.0 Å². The summed E-state index contributed by atoms with van der Waals surface area (Å²) in [6.07, 6.45) is 1.91. The van der Waals surface area contributed by atoms with Crippen molar-refractivity contribution in [3.8, 4) is 0 Å². The van der Waals surface area contributed by atoms with Gasteiger partial charge >= 0.3 is 0 Å². The van der Waals surface area contributed by atoms with Crippen LogP contribution in [-0.4, -0.2) is 10.4 Å². The third-order valence-corrected chi connectivity index (χ3v) is 2.19. The molecule has 72 valence electrons. The minimum Gasteiger partial charge on any atom is -0.399 e. The van der Waals surface area contributed by atoms with Crippen LogP contribution in [0.25, 0.3) is 10.9 Å². The SMILES string of the molecule is CC(=O)Cn1ccc2ccc(N)cc21. The van der Waals surface area contributed by atoms with Crippen LogP contribution in [-0.2, 0) is 11.3 Å². The Kier molecular flexibility index (Phi) is 2.00. The minimum atomic E-state index is 0.143. The van der Waals surface area contributed by atoms with Gasteiger partial charge < -0.3 is 10.3 Å². The molecule has 1 aromatic carbocycles. The number of nitrogen functional groups attached to an aromatic ring is 1. The van der Waals surface area contributed by atoms with E-state index in [9.17, 15) is 4.79 Å². The zero-order valence-corrected chi connectivity index (χ0v) is 8.03. The van der Waals surface area contributed by atoms with Gasteiger partial charge in [0.25, 0.3) is 0 Å². The van der Waals surface area contributed by atoms with E-state index in [1.165, 1.54) is 0 Å². The second-order valence-corrected chi connectivity index (χ2v) is 3.46. The molecule has 0 aliphatic heterocycles. The van der Waals surface area contributed by atoms with Crippen LogP contribution in [0.4, 0.5) is 5.69 Å². The maximum atomic E-state index is 11.0. The molecule has 0 amide bonds. The summed E-state index contributed by atoms with van der Waals surface area (Å²) < 4.78 is 1.91. The molecule has 0 unspecified atom stereocenters. The number of fused-ring (bicyclic) bond motifs is 1. The number of benzene rings is 1. The van der Waals surface area contributed by atoms with Gasteiger partial charge in [0.05, 0.1) is 12.1 Å². The molecule has 3 heteroatoms. The van der Waals surface area contributed by atoms with Crippen LogP contribution in [0.2, 0.25) is 0 Å². The number of nitrogens with two attached hydrogens (primary N) is 1. The molecule has 0 fully saturated rings. The summed E-state index contributed by atoms with van der Waals surface area (Å²) in [5.41, 5.74) is 7.42. The first-order chi connectivity index (χ1) is 6.66. The Morgan fingerprint density at radius 3 is 2.93 bits per heavy atom. The van der Waals surface area contributed by atoms with E-state index in [-0.39, 0.29) is 5.78 Å². The zero-order valence-electron chi connectivity index (χ0n) is 8.03. The van der Waals surface area contributed by atoms with Gasteiger partial charge in [-0.05, 0) is 30.5 Å². The number of ketones is 1. The molecule has 0 saturated heterocycles. The summed E-state index contributed by atoms with van der Waals surface area (Å²) in [6.45, 7) is 1.99. The molecule has 0 radical (unpaired) electrons. The Hall–Kier alpha value is -1.77. The molecule has 1 aromatic heterocycles. The Labute approximate surface area is 82.1 Å². The van der Waals surface area contributed by atoms with Gasteiger partial charge in [-0.1, -0.05) is 6.07 Å². The minimum absolute atomic E-state index is 0.143. The van der Waals surface area contributed by atoms with Crippen molar-refractivity contribution in [1.29, 1.82) is 0 Å². The number of rotatable bonds is 2. The smallest absolute Gasteiger partial charge is 0.149 e. The number of nitrogens with zero attached hydrogens (tertiary/aromatic N) is 1. The number of carbonyl (C=O) groups is 1. The van der Waals surface area contributed by atoms with E-state index < -0.39 is 0 Å². The highest BCUT2D eigenvalue weighted by atomic mass is 16.1. The molecule has 2 aromatic rings. The highest BCUT2D eigenvalue weighted by molar-refractivity contribution is 5.85. The van der Waals surface area contributed by atoms with Crippen molar-refractivity contribution in [2.75, 3.05) is 5.73 Å². The fourth-order valence-electron chi connectivity index (χ4n) is 1.58. The standard InChI is InChI=1S/C11H12N2O/c1-8(14)7-13-5-4-9-2-3-10(12)6-11(9)13/h2-6H,7,12H2,1H3. The quantitative estimate of drug-likeness (QED) is 0.731. The number of carbonyl (C=O) groups excluding carboxylic acids is 1. The average molecular weight is 188 g/mol. The van der Waals surface area contributed by atoms with Crippen molar-refractivity contribution in [2.45, 2.75) is 13.5 Å². The molecule has 1 heterocycles. The van der Waals surface area contributed by atoms with Gasteiger partial charge in [0, 0.05) is 11.9 Å². The van der Waals surface area contributed by atoms with Gasteiger partial charge in [0.15, 0.2) is 0 Å².